The van der Waals surface area contributed by atoms with E-state index in [0.717, 1.165) is 23.2 Å². The largest absolute Gasteiger partial charge is 0.376 e. The van der Waals surface area contributed by atoms with E-state index in [1.807, 2.05) is 13.0 Å². The van der Waals surface area contributed by atoms with Gasteiger partial charge >= 0.3 is 0 Å². The molecule has 1 fully saturated rings. The molecule has 1 aromatic heterocycles. The molecule has 2 N–H and O–H groups in total. The maximum absolute atomic E-state index is 5.99. The fourth-order valence-electron chi connectivity index (χ4n) is 1.96. The Labute approximate surface area is 114 Å². The number of hydrogen-bond acceptors (Lipinski definition) is 4. The molecule has 3 atom stereocenters. The monoisotopic (exact) mass is 319 g/mol. The average Bonchev–Trinajstić information content (AvgIpc) is 2.90. The molecule has 0 aliphatic carbocycles. The Morgan fingerprint density at radius 1 is 1.65 bits per heavy atom. The van der Waals surface area contributed by atoms with Crippen LogP contribution in [0.3, 0.4) is 0 Å². The summed E-state index contributed by atoms with van der Waals surface area (Å²) in [4.78, 5) is 1.17. The van der Waals surface area contributed by atoms with Gasteiger partial charge in [-0.25, -0.2) is 0 Å². The molecule has 0 bridgehead atoms. The van der Waals surface area contributed by atoms with Crippen molar-refractivity contribution < 1.29 is 9.47 Å². The lowest BCUT2D eigenvalue weighted by Gasteiger charge is -2.22. The maximum atomic E-state index is 5.99. The Balaban J connectivity index is 1.92. The summed E-state index contributed by atoms with van der Waals surface area (Å²) >= 11 is 5.14. The molecule has 0 spiro atoms. The van der Waals surface area contributed by atoms with Gasteiger partial charge in [-0.1, -0.05) is 0 Å². The molecule has 1 aliphatic heterocycles. The Morgan fingerprint density at radius 3 is 3.00 bits per heavy atom. The fraction of sp³-hybridized carbons (Fsp3) is 0.667. The van der Waals surface area contributed by atoms with Crippen molar-refractivity contribution in [3.8, 4) is 0 Å². The van der Waals surface area contributed by atoms with E-state index in [2.05, 4.69) is 22.0 Å². The molecule has 0 saturated carbocycles. The van der Waals surface area contributed by atoms with Crippen molar-refractivity contribution in [2.75, 3.05) is 13.2 Å². The zero-order chi connectivity index (χ0) is 12.3. The average molecular weight is 320 g/mol. The Morgan fingerprint density at radius 2 is 2.47 bits per heavy atom. The summed E-state index contributed by atoms with van der Waals surface area (Å²) in [6, 6.07) is 4.09. The van der Waals surface area contributed by atoms with Gasteiger partial charge in [-0.3, -0.25) is 0 Å². The summed E-state index contributed by atoms with van der Waals surface area (Å²) in [6.07, 6.45) is 2.46. The van der Waals surface area contributed by atoms with Crippen LogP contribution in [0.15, 0.2) is 15.9 Å². The van der Waals surface area contributed by atoms with Gasteiger partial charge in [-0.2, -0.15) is 0 Å². The van der Waals surface area contributed by atoms with E-state index < -0.39 is 0 Å². The minimum Gasteiger partial charge on any atom is -0.376 e. The first kappa shape index (κ1) is 13.5. The quantitative estimate of drug-likeness (QED) is 0.907. The van der Waals surface area contributed by atoms with Crippen molar-refractivity contribution in [3.63, 3.8) is 0 Å². The predicted molar refractivity (Wildman–Crippen MR) is 73.3 cm³/mol. The van der Waals surface area contributed by atoms with Crippen LogP contribution in [-0.4, -0.2) is 25.4 Å². The zero-order valence-corrected chi connectivity index (χ0v) is 12.3. The second kappa shape index (κ2) is 6.29. The standard InChI is InChI=1S/C12H18BrNO2S/c1-8(14)12(10-4-5-11(13)17-10)16-7-9-3-2-6-15-9/h4-5,8-9,12H,2-3,6-7,14H2,1H3. The fourth-order valence-corrected chi connectivity index (χ4v) is 3.55. The van der Waals surface area contributed by atoms with Crippen LogP contribution in [0.2, 0.25) is 0 Å². The lowest BCUT2D eigenvalue weighted by molar-refractivity contribution is -0.0272. The van der Waals surface area contributed by atoms with Crippen LogP contribution in [0.1, 0.15) is 30.7 Å². The number of rotatable bonds is 5. The van der Waals surface area contributed by atoms with Crippen LogP contribution in [0.25, 0.3) is 0 Å². The van der Waals surface area contributed by atoms with Crippen LogP contribution in [0, 0.1) is 0 Å². The number of nitrogens with two attached hydrogens (primary N) is 1. The van der Waals surface area contributed by atoms with Crippen molar-refractivity contribution in [2.45, 2.75) is 38.0 Å². The van der Waals surface area contributed by atoms with Crippen molar-refractivity contribution in [1.82, 2.24) is 0 Å². The topological polar surface area (TPSA) is 44.5 Å². The Hall–Kier alpha value is 0.0600. The van der Waals surface area contributed by atoms with E-state index in [9.17, 15) is 0 Å². The number of thiophene rings is 1. The van der Waals surface area contributed by atoms with Gasteiger partial charge in [0, 0.05) is 17.5 Å². The molecule has 0 aromatic carbocycles. The third-order valence-electron chi connectivity index (χ3n) is 2.84. The molecule has 1 aliphatic rings. The third-order valence-corrected chi connectivity index (χ3v) is 4.52. The van der Waals surface area contributed by atoms with Gasteiger partial charge in [0.1, 0.15) is 6.10 Å². The highest BCUT2D eigenvalue weighted by atomic mass is 79.9. The summed E-state index contributed by atoms with van der Waals surface area (Å²) in [5.74, 6) is 0. The van der Waals surface area contributed by atoms with Gasteiger partial charge < -0.3 is 15.2 Å². The first-order valence-electron chi connectivity index (χ1n) is 5.91. The van der Waals surface area contributed by atoms with Gasteiger partial charge in [-0.15, -0.1) is 11.3 Å². The van der Waals surface area contributed by atoms with Crippen LogP contribution >= 0.6 is 27.3 Å². The van der Waals surface area contributed by atoms with Crippen molar-refractivity contribution in [2.24, 2.45) is 5.73 Å². The molecule has 1 saturated heterocycles. The lowest BCUT2D eigenvalue weighted by atomic mass is 10.1. The number of halogens is 1. The van der Waals surface area contributed by atoms with Crippen molar-refractivity contribution in [1.29, 1.82) is 0 Å². The van der Waals surface area contributed by atoms with E-state index in [0.29, 0.717) is 6.61 Å². The normalized spacial score (nSPS) is 23.8. The lowest BCUT2D eigenvalue weighted by Crippen LogP contribution is -2.29. The summed E-state index contributed by atoms with van der Waals surface area (Å²) in [5.41, 5.74) is 5.99. The van der Waals surface area contributed by atoms with Crippen molar-refractivity contribution in [3.05, 3.63) is 20.8 Å². The molecular weight excluding hydrogens is 302 g/mol. The molecule has 96 valence electrons. The molecule has 1 aromatic rings. The van der Waals surface area contributed by atoms with E-state index in [4.69, 9.17) is 15.2 Å². The molecule has 2 rings (SSSR count). The number of hydrogen-bond donors (Lipinski definition) is 1. The van der Waals surface area contributed by atoms with Gasteiger partial charge in [0.2, 0.25) is 0 Å². The molecule has 3 nitrogen and oxygen atoms in total. The van der Waals surface area contributed by atoms with Crippen LogP contribution in [-0.2, 0) is 9.47 Å². The van der Waals surface area contributed by atoms with Crippen LogP contribution < -0.4 is 5.73 Å². The predicted octanol–water partition coefficient (Wildman–Crippen LogP) is 3.09. The molecular formula is C12H18BrNO2S. The van der Waals surface area contributed by atoms with E-state index in [1.54, 1.807) is 11.3 Å². The Kier molecular flexibility index (Phi) is 4.99. The molecule has 17 heavy (non-hydrogen) atoms. The van der Waals surface area contributed by atoms with Gasteiger partial charge in [0.05, 0.1) is 16.5 Å². The minimum atomic E-state index is -0.0319. The summed E-state index contributed by atoms with van der Waals surface area (Å²) in [6.45, 7) is 3.48. The second-order valence-electron chi connectivity index (χ2n) is 4.39. The second-order valence-corrected chi connectivity index (χ2v) is 6.88. The highest BCUT2D eigenvalue weighted by Crippen LogP contribution is 2.31. The maximum Gasteiger partial charge on any atom is 0.107 e. The first-order valence-corrected chi connectivity index (χ1v) is 7.52. The van der Waals surface area contributed by atoms with Crippen molar-refractivity contribution >= 4 is 27.3 Å². The van der Waals surface area contributed by atoms with Crippen LogP contribution in [0.5, 0.6) is 0 Å². The minimum absolute atomic E-state index is 0.0121. The van der Waals surface area contributed by atoms with E-state index >= 15 is 0 Å². The summed E-state index contributed by atoms with van der Waals surface area (Å²) < 4.78 is 12.6. The highest BCUT2D eigenvalue weighted by Gasteiger charge is 2.22. The number of ether oxygens (including phenoxy) is 2. The SMILES string of the molecule is CC(N)C(OCC1CCCO1)c1ccc(Br)s1. The molecule has 0 amide bonds. The summed E-state index contributed by atoms with van der Waals surface area (Å²) in [7, 11) is 0. The van der Waals surface area contributed by atoms with E-state index in [1.165, 1.54) is 4.88 Å². The first-order chi connectivity index (χ1) is 8.16. The van der Waals surface area contributed by atoms with Crippen LogP contribution in [0.4, 0.5) is 0 Å². The molecule has 5 heteroatoms. The third kappa shape index (κ3) is 3.76. The molecule has 0 radical (unpaired) electrons. The van der Waals surface area contributed by atoms with Gasteiger partial charge in [-0.05, 0) is 47.8 Å². The molecule has 2 heterocycles. The van der Waals surface area contributed by atoms with Gasteiger partial charge in [0.15, 0.2) is 0 Å². The van der Waals surface area contributed by atoms with E-state index in [-0.39, 0.29) is 18.2 Å². The zero-order valence-electron chi connectivity index (χ0n) is 9.90. The van der Waals surface area contributed by atoms with Gasteiger partial charge in [0.25, 0.3) is 0 Å². The smallest absolute Gasteiger partial charge is 0.107 e. The molecule has 3 unspecified atom stereocenters. The highest BCUT2D eigenvalue weighted by molar-refractivity contribution is 9.11. The Bertz CT molecular complexity index is 350. The summed E-state index contributed by atoms with van der Waals surface area (Å²) in [5, 5.41) is 0.